The molecular formula is C25H36N2O4. The lowest BCUT2D eigenvalue weighted by Gasteiger charge is -2.35. The number of nitrogens with one attached hydrogen (secondary N) is 1. The molecule has 6 nitrogen and oxygen atoms in total. The molecule has 3 unspecified atom stereocenters. The van der Waals surface area contributed by atoms with Gasteiger partial charge < -0.3 is 9.47 Å². The molecule has 0 saturated heterocycles. The smallest absolute Gasteiger partial charge is 0.300 e. The summed E-state index contributed by atoms with van der Waals surface area (Å²) in [7, 11) is 0. The second-order valence-corrected chi connectivity index (χ2v) is 8.84. The number of unbranched alkanes of at least 4 members (excludes halogenated alkanes) is 5. The van der Waals surface area contributed by atoms with Crippen molar-refractivity contribution in [3.8, 4) is 11.5 Å². The fourth-order valence-electron chi connectivity index (χ4n) is 4.59. The third-order valence-corrected chi connectivity index (χ3v) is 6.42. The Morgan fingerprint density at radius 1 is 1.23 bits per heavy atom. The summed E-state index contributed by atoms with van der Waals surface area (Å²) in [5.41, 5.74) is 8.48. The Labute approximate surface area is 185 Å². The van der Waals surface area contributed by atoms with Crippen LogP contribution in [0.4, 0.5) is 0 Å². The van der Waals surface area contributed by atoms with Crippen molar-refractivity contribution in [3.05, 3.63) is 48.1 Å². The summed E-state index contributed by atoms with van der Waals surface area (Å²) in [6, 6.07) is 5.97. The number of para-hydroxylation sites is 1. The van der Waals surface area contributed by atoms with Gasteiger partial charge in [0.15, 0.2) is 11.5 Å². The maximum Gasteiger partial charge on any atom is 0.300 e. The first-order valence-electron chi connectivity index (χ1n) is 11.5. The van der Waals surface area contributed by atoms with E-state index in [1.807, 2.05) is 17.6 Å². The van der Waals surface area contributed by atoms with Crippen molar-refractivity contribution < 1.29 is 19.5 Å². The van der Waals surface area contributed by atoms with E-state index in [1.165, 1.54) is 31.2 Å². The largest absolute Gasteiger partial charge is 0.438 e. The zero-order valence-corrected chi connectivity index (χ0v) is 18.5. The van der Waals surface area contributed by atoms with Gasteiger partial charge in [0.1, 0.15) is 0 Å². The number of aryl methyl sites for hydroxylation is 1. The molecule has 0 fully saturated rings. The summed E-state index contributed by atoms with van der Waals surface area (Å²) in [4.78, 5) is 12.0. The van der Waals surface area contributed by atoms with Gasteiger partial charge in [0, 0.05) is 11.3 Å². The van der Waals surface area contributed by atoms with Crippen LogP contribution in [-0.2, 0) is 11.2 Å². The standard InChI is InChI=1S/C25H36N2O4/c1-25(18-11-9-15-20(25)23(28)27-29)17-10-7-5-3-2-4-6-8-13-19-14-12-16-21-22(19)31-24(26)30-21/h7,10-12,14,16,18,20,24,29H,2-6,8-9,13,15,17,26H2,1H3,(H,27,28)/b10-7+. The molecule has 1 aliphatic heterocycles. The number of hydrogen-bond acceptors (Lipinski definition) is 5. The number of carbonyl (C=O) groups is 1. The van der Waals surface area contributed by atoms with Crippen LogP contribution >= 0.6 is 0 Å². The quantitative estimate of drug-likeness (QED) is 0.199. The van der Waals surface area contributed by atoms with Crippen LogP contribution in [0, 0.1) is 11.3 Å². The summed E-state index contributed by atoms with van der Waals surface area (Å²) in [6.07, 6.45) is 18.5. The van der Waals surface area contributed by atoms with Gasteiger partial charge in [-0.25, -0.2) is 5.48 Å². The Bertz CT molecular complexity index is 792. The Morgan fingerprint density at radius 3 is 2.87 bits per heavy atom. The molecule has 1 aromatic carbocycles. The van der Waals surface area contributed by atoms with E-state index in [-0.39, 0.29) is 17.2 Å². The number of ether oxygens (including phenoxy) is 2. The molecule has 1 heterocycles. The van der Waals surface area contributed by atoms with Crippen LogP contribution in [-0.4, -0.2) is 17.5 Å². The molecule has 0 aromatic heterocycles. The minimum atomic E-state index is -0.682. The average molecular weight is 429 g/mol. The molecule has 6 heteroatoms. The molecule has 170 valence electrons. The maximum absolute atomic E-state index is 12.0. The second-order valence-electron chi connectivity index (χ2n) is 8.84. The van der Waals surface area contributed by atoms with Crippen molar-refractivity contribution in [2.45, 2.75) is 77.5 Å². The highest BCUT2D eigenvalue weighted by Gasteiger charge is 2.37. The first kappa shape index (κ1) is 23.4. The highest BCUT2D eigenvalue weighted by Crippen LogP contribution is 2.40. The van der Waals surface area contributed by atoms with Gasteiger partial charge in [-0.15, -0.1) is 0 Å². The van der Waals surface area contributed by atoms with Crippen molar-refractivity contribution in [3.63, 3.8) is 0 Å². The van der Waals surface area contributed by atoms with Gasteiger partial charge in [-0.1, -0.05) is 62.6 Å². The summed E-state index contributed by atoms with van der Waals surface area (Å²) in [5, 5.41) is 9.01. The zero-order chi connectivity index (χ0) is 22.1. The van der Waals surface area contributed by atoms with Gasteiger partial charge in [0.2, 0.25) is 5.91 Å². The number of benzene rings is 1. The molecular weight excluding hydrogens is 392 g/mol. The van der Waals surface area contributed by atoms with Crippen LogP contribution in [0.1, 0.15) is 70.3 Å². The second kappa shape index (κ2) is 11.3. The maximum atomic E-state index is 12.0. The Balaban J connectivity index is 1.29. The molecule has 0 radical (unpaired) electrons. The molecule has 4 N–H and O–H groups in total. The topological polar surface area (TPSA) is 93.8 Å². The van der Waals surface area contributed by atoms with E-state index < -0.39 is 6.41 Å². The van der Waals surface area contributed by atoms with E-state index in [0.29, 0.717) is 0 Å². The number of hydroxylamine groups is 1. The summed E-state index contributed by atoms with van der Waals surface area (Å²) < 4.78 is 11.0. The van der Waals surface area contributed by atoms with Crippen LogP contribution in [0.3, 0.4) is 0 Å². The van der Waals surface area contributed by atoms with Crippen LogP contribution < -0.4 is 20.7 Å². The van der Waals surface area contributed by atoms with Crippen molar-refractivity contribution in [2.24, 2.45) is 17.1 Å². The van der Waals surface area contributed by atoms with Gasteiger partial charge in [-0.2, -0.15) is 0 Å². The Morgan fingerprint density at radius 2 is 2.03 bits per heavy atom. The van der Waals surface area contributed by atoms with E-state index in [9.17, 15) is 4.79 Å². The number of hydrogen-bond donors (Lipinski definition) is 3. The van der Waals surface area contributed by atoms with Gasteiger partial charge in [-0.3, -0.25) is 15.7 Å². The lowest BCUT2D eigenvalue weighted by molar-refractivity contribution is -0.137. The minimum Gasteiger partial charge on any atom is -0.438 e. The third kappa shape index (κ3) is 6.34. The van der Waals surface area contributed by atoms with Crippen LogP contribution in [0.2, 0.25) is 0 Å². The molecule has 1 aromatic rings. The van der Waals surface area contributed by atoms with Gasteiger partial charge in [0.05, 0.1) is 0 Å². The van der Waals surface area contributed by atoms with E-state index >= 15 is 0 Å². The van der Waals surface area contributed by atoms with Crippen molar-refractivity contribution in [1.82, 2.24) is 5.48 Å². The fraction of sp³-hybridized carbons (Fsp3) is 0.560. The molecule has 1 amide bonds. The Hall–Kier alpha value is -2.31. The number of carbonyl (C=O) groups excluding carboxylic acids is 1. The summed E-state index contributed by atoms with van der Waals surface area (Å²) >= 11 is 0. The molecule has 3 atom stereocenters. The van der Waals surface area contributed by atoms with Crippen LogP contribution in [0.25, 0.3) is 0 Å². The Kier molecular flexibility index (Phi) is 8.55. The highest BCUT2D eigenvalue weighted by atomic mass is 16.7. The number of rotatable bonds is 11. The van der Waals surface area contributed by atoms with E-state index in [1.54, 1.807) is 0 Å². The number of fused-ring (bicyclic) bond motifs is 1. The summed E-state index contributed by atoms with van der Waals surface area (Å²) in [6.45, 7) is 2.10. The minimum absolute atomic E-state index is 0.175. The van der Waals surface area contributed by atoms with Crippen LogP contribution in [0.5, 0.6) is 11.5 Å². The molecule has 3 rings (SSSR count). The number of amides is 1. The third-order valence-electron chi connectivity index (χ3n) is 6.42. The molecule has 0 bridgehead atoms. The van der Waals surface area contributed by atoms with Crippen LogP contribution in [0.15, 0.2) is 42.5 Å². The molecule has 0 saturated carbocycles. The van der Waals surface area contributed by atoms with Gasteiger partial charge >= 0.3 is 0 Å². The lowest BCUT2D eigenvalue weighted by Crippen LogP contribution is -2.39. The lowest BCUT2D eigenvalue weighted by atomic mass is 9.69. The first-order valence-corrected chi connectivity index (χ1v) is 11.5. The monoisotopic (exact) mass is 428 g/mol. The molecule has 31 heavy (non-hydrogen) atoms. The average Bonchev–Trinajstić information content (AvgIpc) is 3.15. The number of allylic oxidation sites excluding steroid dienone is 4. The van der Waals surface area contributed by atoms with E-state index in [2.05, 4.69) is 37.3 Å². The summed E-state index contributed by atoms with van der Waals surface area (Å²) in [5.74, 6) is 1.10. The van der Waals surface area contributed by atoms with Gasteiger partial charge in [0.25, 0.3) is 6.41 Å². The predicted molar refractivity (Wildman–Crippen MR) is 121 cm³/mol. The van der Waals surface area contributed by atoms with Crippen molar-refractivity contribution in [2.75, 3.05) is 0 Å². The van der Waals surface area contributed by atoms with E-state index in [4.69, 9.17) is 20.4 Å². The SMILES string of the molecule is CC1(C/C=C/CCCCCCCc2cccc3c2OC(N)O3)C=CCCC1C(=O)NO. The van der Waals surface area contributed by atoms with Gasteiger partial charge in [-0.05, 0) is 56.6 Å². The van der Waals surface area contributed by atoms with E-state index in [0.717, 1.165) is 50.0 Å². The molecule has 0 spiro atoms. The van der Waals surface area contributed by atoms with Crippen molar-refractivity contribution in [1.29, 1.82) is 0 Å². The fourth-order valence-corrected chi connectivity index (χ4v) is 4.59. The molecule has 1 aliphatic carbocycles. The molecule has 2 aliphatic rings. The predicted octanol–water partition coefficient (Wildman–Crippen LogP) is 5.01. The number of nitrogens with two attached hydrogens (primary N) is 1. The highest BCUT2D eigenvalue weighted by molar-refractivity contribution is 5.78. The van der Waals surface area contributed by atoms with Crippen molar-refractivity contribution >= 4 is 5.91 Å². The first-order chi connectivity index (χ1) is 15.0. The normalized spacial score (nSPS) is 24.6. The zero-order valence-electron chi connectivity index (χ0n) is 18.5.